The van der Waals surface area contributed by atoms with Crippen LogP contribution in [0.5, 0.6) is 0 Å². The fourth-order valence-corrected chi connectivity index (χ4v) is 18.9. The maximum Gasteiger partial charge on any atom is 0.197 e. The minimum Gasteiger partial charge on any atom is -0.452 e. The van der Waals surface area contributed by atoms with E-state index in [2.05, 4.69) is 285 Å². The fourth-order valence-electron chi connectivity index (χ4n) is 18.9. The van der Waals surface area contributed by atoms with Gasteiger partial charge in [0.25, 0.3) is 0 Å². The second-order valence-electron chi connectivity index (χ2n) is 29.1. The molecular weight excluding hydrogens is 1320 g/mol. The van der Waals surface area contributed by atoms with E-state index in [0.29, 0.717) is 28.6 Å². The van der Waals surface area contributed by atoms with E-state index in [1.807, 2.05) is 48.5 Å². The smallest absolute Gasteiger partial charge is 0.197 e. The molecule has 16 aromatic carbocycles. The number of hydrogen-bond donors (Lipinski definition) is 0. The first kappa shape index (κ1) is 56.8. The fraction of sp³-hybridized carbons (Fsp3) is 0. The topological polar surface area (TPSA) is 96.5 Å². The first-order chi connectivity index (χ1) is 53.6. The van der Waals surface area contributed by atoms with Crippen molar-refractivity contribution >= 4 is 196 Å². The molecule has 0 aliphatic carbocycles. The van der Waals surface area contributed by atoms with Crippen LogP contribution in [0.15, 0.2) is 324 Å². The Morgan fingerprint density at radius 1 is 0.231 bits per heavy atom. The Kier molecular flexibility index (Phi) is 10.8. The van der Waals surface area contributed by atoms with Crippen LogP contribution in [0.2, 0.25) is 0 Å². The first-order valence-electron chi connectivity index (χ1n) is 36.8. The van der Waals surface area contributed by atoms with Crippen LogP contribution < -0.4 is 0 Å². The zero-order valence-corrected chi connectivity index (χ0v) is 57.4. The highest BCUT2D eigenvalue weighted by Crippen LogP contribution is 2.53. The van der Waals surface area contributed by atoms with E-state index in [1.54, 1.807) is 0 Å². The van der Waals surface area contributed by atoms with Crippen LogP contribution in [-0.2, 0) is 0 Å². The lowest BCUT2D eigenvalue weighted by atomic mass is 9.97. The highest BCUT2D eigenvalue weighted by molar-refractivity contribution is 6.40. The number of rotatable bonds is 6. The minimum atomic E-state index is 0.629. The number of hydrogen-bond acceptors (Lipinski definition) is 6. The van der Waals surface area contributed by atoms with Crippen LogP contribution >= 0.6 is 0 Å². The van der Waals surface area contributed by atoms with Crippen molar-refractivity contribution in [2.75, 3.05) is 0 Å². The molecule has 0 radical (unpaired) electrons. The first-order valence-corrected chi connectivity index (χ1v) is 36.8. The monoisotopic (exact) mass is 1370 g/mol. The lowest BCUT2D eigenvalue weighted by Gasteiger charge is -2.12. The van der Waals surface area contributed by atoms with Gasteiger partial charge in [-0.3, -0.25) is 4.57 Å². The van der Waals surface area contributed by atoms with Crippen LogP contribution in [0.4, 0.5) is 0 Å². The Morgan fingerprint density at radius 3 is 1.35 bits per heavy atom. The van der Waals surface area contributed by atoms with Crippen molar-refractivity contribution in [3.8, 4) is 56.7 Å². The van der Waals surface area contributed by atoms with E-state index >= 15 is 0 Å². The van der Waals surface area contributed by atoms with E-state index in [4.69, 9.17) is 28.8 Å². The van der Waals surface area contributed by atoms with Gasteiger partial charge in [-0.1, -0.05) is 212 Å². The zero-order chi connectivity index (χ0) is 69.9. The molecule has 0 spiro atoms. The van der Waals surface area contributed by atoms with Gasteiger partial charge in [-0.05, 0) is 147 Å². The third-order valence-corrected chi connectivity index (χ3v) is 23.6. The number of para-hydroxylation sites is 4. The van der Waals surface area contributed by atoms with Gasteiger partial charge >= 0.3 is 0 Å². The Bertz CT molecular complexity index is 8500. The van der Waals surface area contributed by atoms with Crippen LogP contribution in [0.1, 0.15) is 0 Å². The molecule has 26 aromatic rings. The van der Waals surface area contributed by atoms with E-state index < -0.39 is 0 Å². The molecule has 10 heterocycles. The molecule has 0 fully saturated rings. The van der Waals surface area contributed by atoms with Gasteiger partial charge in [0.15, 0.2) is 28.6 Å². The molecule has 0 atom stereocenters. The largest absolute Gasteiger partial charge is 0.452 e. The molecule has 0 N–H and O–H groups in total. The average molecular weight is 1370 g/mol. The molecular formula is C98H52N8O2. The number of aromatic nitrogens is 8. The summed E-state index contributed by atoms with van der Waals surface area (Å²) >= 11 is 0. The van der Waals surface area contributed by atoms with Crippen molar-refractivity contribution in [3.05, 3.63) is 315 Å². The summed E-state index contributed by atoms with van der Waals surface area (Å²) in [5.74, 6) is 1.97. The number of nitrogens with zero attached hydrogens (tertiary/aromatic N) is 8. The van der Waals surface area contributed by atoms with Crippen LogP contribution in [-0.4, -0.2) is 37.9 Å². The molecule has 0 aliphatic rings. The molecule has 0 saturated heterocycles. The number of furan rings is 2. The average Bonchev–Trinajstić information content (AvgIpc) is 1.51. The third-order valence-electron chi connectivity index (χ3n) is 23.6. The second-order valence-corrected chi connectivity index (χ2v) is 29.1. The van der Waals surface area contributed by atoms with Gasteiger partial charge in [0.1, 0.15) is 27.9 Å². The second kappa shape index (κ2) is 20.6. The van der Waals surface area contributed by atoms with E-state index in [1.165, 1.54) is 81.2 Å². The summed E-state index contributed by atoms with van der Waals surface area (Å²) in [6.07, 6.45) is 0. The maximum absolute atomic E-state index is 7.03. The molecule has 108 heavy (non-hydrogen) atoms. The van der Waals surface area contributed by atoms with Crippen molar-refractivity contribution in [2.45, 2.75) is 0 Å². The van der Waals surface area contributed by atoms with E-state index in [9.17, 15) is 0 Å². The summed E-state index contributed by atoms with van der Waals surface area (Å²) in [6.45, 7) is 0. The van der Waals surface area contributed by atoms with Crippen molar-refractivity contribution in [1.29, 1.82) is 0 Å². The molecule has 0 aliphatic heterocycles. The Balaban J connectivity index is 0.730. The summed E-state index contributed by atoms with van der Waals surface area (Å²) in [4.78, 5) is 21.6. The van der Waals surface area contributed by atoms with Gasteiger partial charge < -0.3 is 22.2 Å². The molecule has 0 amide bonds. The Labute approximate surface area is 611 Å². The SMILES string of the molecule is c1ccc(-c2nc(-c3ccc(-n4c5ccc(-c6ccc7c(c6)c6cc8c9ccccc9n(-c9nc(-c%10ccc%11ccccc%11c%10)nc%10c9oc9ccccc9%10)c8c8c9c%10ccccc%10ccc9n7c68)cc5c5cc6c7ccccc7n7c8ccc9ccccc9c8c(c54)c67)cc3)c3oc4ccccc4c3n2)cc1. The summed E-state index contributed by atoms with van der Waals surface area (Å²) < 4.78 is 23.7. The van der Waals surface area contributed by atoms with E-state index in [0.717, 1.165) is 143 Å². The predicted molar refractivity (Wildman–Crippen MR) is 444 cm³/mol. The van der Waals surface area contributed by atoms with Gasteiger partial charge in [-0.2, -0.15) is 0 Å². The number of benzene rings is 16. The molecule has 0 unspecified atom stereocenters. The van der Waals surface area contributed by atoms with Gasteiger partial charge in [0.2, 0.25) is 0 Å². The minimum absolute atomic E-state index is 0.629. The lowest BCUT2D eigenvalue weighted by molar-refractivity contribution is 0.662. The summed E-state index contributed by atoms with van der Waals surface area (Å²) in [5.41, 5.74) is 22.6. The Hall–Kier alpha value is -14.7. The molecule has 0 saturated carbocycles. The van der Waals surface area contributed by atoms with Crippen molar-refractivity contribution in [1.82, 2.24) is 37.9 Å². The zero-order valence-electron chi connectivity index (χ0n) is 57.4. The van der Waals surface area contributed by atoms with Gasteiger partial charge in [0, 0.05) is 97.8 Å². The standard InChI is InChI=1S/C98H52N8O2/c1-2-21-57(22-3-1)96-99-87(94-88(100-96)67-28-12-16-32-81(67)107-94)56-36-42-62(43-37-56)103-77-44-40-59(49-69(77)73-51-71-65-26-10-14-30-75(65)104-79-46-38-54-19-6-8-24-63(54)83(79)85(90(73)103)91(71)104)60-41-45-78-70(50-60)74-52-72-66-27-11-15-31-76(66)106(93(72)86-84-64-25-9-7-20-55(64)39-47-80(84)105(78)92(74)86)98-95-89(68-29-13-17-33-82(68)108-95)101-97(102-98)61-35-34-53-18-4-5-23-58(53)48-61/h1-52H. The van der Waals surface area contributed by atoms with Crippen molar-refractivity contribution < 1.29 is 8.83 Å². The molecule has 10 aromatic heterocycles. The maximum atomic E-state index is 7.03. The van der Waals surface area contributed by atoms with Crippen LogP contribution in [0.25, 0.3) is 253 Å². The van der Waals surface area contributed by atoms with Crippen molar-refractivity contribution in [3.63, 3.8) is 0 Å². The van der Waals surface area contributed by atoms with E-state index in [-0.39, 0.29) is 0 Å². The molecule has 10 nitrogen and oxygen atoms in total. The summed E-state index contributed by atoms with van der Waals surface area (Å²) in [5, 5.41) is 23.2. The van der Waals surface area contributed by atoms with Crippen LogP contribution in [0.3, 0.4) is 0 Å². The van der Waals surface area contributed by atoms with Gasteiger partial charge in [-0.25, -0.2) is 19.9 Å². The summed E-state index contributed by atoms with van der Waals surface area (Å²) in [6, 6.07) is 115. The molecule has 0 bridgehead atoms. The third kappa shape index (κ3) is 7.39. The Morgan fingerprint density at radius 2 is 0.676 bits per heavy atom. The highest BCUT2D eigenvalue weighted by Gasteiger charge is 2.31. The van der Waals surface area contributed by atoms with Gasteiger partial charge in [-0.15, -0.1) is 0 Å². The number of fused-ring (bicyclic) bond motifs is 31. The van der Waals surface area contributed by atoms with Crippen LogP contribution in [0, 0.1) is 0 Å². The molecule has 26 rings (SSSR count). The lowest BCUT2D eigenvalue weighted by Crippen LogP contribution is -2.02. The highest BCUT2D eigenvalue weighted by atomic mass is 16.3. The molecule has 10 heteroatoms. The predicted octanol–water partition coefficient (Wildman–Crippen LogP) is 25.7. The molecule has 496 valence electrons. The quantitative estimate of drug-likeness (QED) is 0.165. The summed E-state index contributed by atoms with van der Waals surface area (Å²) in [7, 11) is 0. The van der Waals surface area contributed by atoms with Crippen molar-refractivity contribution in [2.24, 2.45) is 0 Å². The normalized spacial score (nSPS) is 12.6. The van der Waals surface area contributed by atoms with Gasteiger partial charge in [0.05, 0.1) is 55.2 Å².